The zero-order valence-corrected chi connectivity index (χ0v) is 11.5. The van der Waals surface area contributed by atoms with Crippen LogP contribution in [0.15, 0.2) is 30.6 Å². The fraction of sp³-hybridized carbons (Fsp3) is 0.231. The maximum absolute atomic E-state index is 11.7. The topological polar surface area (TPSA) is 80.0 Å². The number of pyridine rings is 1. The zero-order valence-electron chi connectivity index (χ0n) is 10.6. The second-order valence-electron chi connectivity index (χ2n) is 3.97. The van der Waals surface area contributed by atoms with Gasteiger partial charge in [0.25, 0.3) is 5.91 Å². The molecule has 2 aromatic heterocycles. The lowest BCUT2D eigenvalue weighted by atomic mass is 10.3. The molecule has 5 nitrogen and oxygen atoms in total. The van der Waals surface area contributed by atoms with Gasteiger partial charge in [0.1, 0.15) is 4.88 Å². The second kappa shape index (κ2) is 6.19. The molecule has 0 atom stereocenters. The number of thiophene rings is 1. The molecule has 0 aliphatic heterocycles. The summed E-state index contributed by atoms with van der Waals surface area (Å²) in [6, 6.07) is 5.66. The van der Waals surface area contributed by atoms with E-state index in [0.717, 1.165) is 10.6 Å². The first-order chi connectivity index (χ1) is 9.20. The number of amides is 1. The summed E-state index contributed by atoms with van der Waals surface area (Å²) < 4.78 is 0. The quantitative estimate of drug-likeness (QED) is 0.781. The summed E-state index contributed by atoms with van der Waals surface area (Å²) in [5.74, 6) is -0.126. The smallest absolute Gasteiger partial charge is 0.263 e. The van der Waals surface area contributed by atoms with Gasteiger partial charge in [0, 0.05) is 25.5 Å². The third-order valence-corrected chi connectivity index (χ3v) is 3.60. The van der Waals surface area contributed by atoms with Crippen LogP contribution < -0.4 is 16.4 Å². The minimum Gasteiger partial charge on any atom is -0.397 e. The van der Waals surface area contributed by atoms with E-state index in [9.17, 15) is 4.79 Å². The summed E-state index contributed by atoms with van der Waals surface area (Å²) in [7, 11) is 0. The van der Waals surface area contributed by atoms with Gasteiger partial charge in [-0.2, -0.15) is 0 Å². The highest BCUT2D eigenvalue weighted by Gasteiger charge is 2.13. The maximum atomic E-state index is 11.7. The highest BCUT2D eigenvalue weighted by atomic mass is 32.1. The second-order valence-corrected chi connectivity index (χ2v) is 5.02. The monoisotopic (exact) mass is 276 g/mol. The minimum absolute atomic E-state index is 0.126. The third kappa shape index (κ3) is 3.45. The fourth-order valence-corrected chi connectivity index (χ4v) is 2.49. The SMILES string of the molecule is CCNC(=O)c1sc(NCc2cccnc2)cc1N. The largest absolute Gasteiger partial charge is 0.397 e. The van der Waals surface area contributed by atoms with E-state index in [-0.39, 0.29) is 5.91 Å². The van der Waals surface area contributed by atoms with E-state index in [1.165, 1.54) is 11.3 Å². The fourth-order valence-electron chi connectivity index (χ4n) is 1.60. The normalized spacial score (nSPS) is 10.2. The standard InChI is InChI=1S/C13H16N4OS/c1-2-16-13(18)12-10(14)6-11(19-12)17-8-9-4-3-5-15-7-9/h3-7,17H,2,8,14H2,1H3,(H,16,18). The van der Waals surface area contributed by atoms with Crippen molar-refractivity contribution in [1.29, 1.82) is 0 Å². The van der Waals surface area contributed by atoms with Crippen molar-refractivity contribution in [1.82, 2.24) is 10.3 Å². The number of nitrogens with two attached hydrogens (primary N) is 1. The van der Waals surface area contributed by atoms with E-state index in [2.05, 4.69) is 15.6 Å². The molecule has 2 rings (SSSR count). The van der Waals surface area contributed by atoms with Crippen LogP contribution in [-0.4, -0.2) is 17.4 Å². The van der Waals surface area contributed by atoms with Gasteiger partial charge in [0.2, 0.25) is 0 Å². The van der Waals surface area contributed by atoms with Crippen LogP contribution in [0.2, 0.25) is 0 Å². The van der Waals surface area contributed by atoms with Crippen LogP contribution >= 0.6 is 11.3 Å². The number of nitrogen functional groups attached to an aromatic ring is 1. The lowest BCUT2D eigenvalue weighted by Gasteiger charge is -2.02. The van der Waals surface area contributed by atoms with Crippen molar-refractivity contribution in [3.63, 3.8) is 0 Å². The first kappa shape index (κ1) is 13.4. The van der Waals surface area contributed by atoms with Crippen LogP contribution in [0, 0.1) is 0 Å². The number of hydrogen-bond acceptors (Lipinski definition) is 5. The third-order valence-electron chi connectivity index (χ3n) is 2.49. The summed E-state index contributed by atoms with van der Waals surface area (Å²) in [5.41, 5.74) is 7.42. The first-order valence-corrected chi connectivity index (χ1v) is 6.82. The Morgan fingerprint density at radius 1 is 1.53 bits per heavy atom. The molecule has 0 aliphatic carbocycles. The van der Waals surface area contributed by atoms with Crippen LogP contribution in [0.4, 0.5) is 10.7 Å². The summed E-state index contributed by atoms with van der Waals surface area (Å²) in [4.78, 5) is 16.3. The molecule has 0 aromatic carbocycles. The zero-order chi connectivity index (χ0) is 13.7. The minimum atomic E-state index is -0.126. The molecule has 100 valence electrons. The molecule has 0 unspecified atom stereocenters. The molecule has 0 bridgehead atoms. The molecule has 6 heteroatoms. The van der Waals surface area contributed by atoms with Crippen molar-refractivity contribution in [3.8, 4) is 0 Å². The van der Waals surface area contributed by atoms with E-state index in [4.69, 9.17) is 5.73 Å². The Bertz CT molecular complexity index is 553. The molecule has 2 heterocycles. The highest BCUT2D eigenvalue weighted by Crippen LogP contribution is 2.29. The summed E-state index contributed by atoms with van der Waals surface area (Å²) in [5, 5.41) is 6.86. The average Bonchev–Trinajstić information content (AvgIpc) is 2.79. The van der Waals surface area contributed by atoms with Crippen molar-refractivity contribution in [2.45, 2.75) is 13.5 Å². The van der Waals surface area contributed by atoms with Gasteiger partial charge in [-0.3, -0.25) is 9.78 Å². The Morgan fingerprint density at radius 2 is 2.37 bits per heavy atom. The van der Waals surface area contributed by atoms with E-state index < -0.39 is 0 Å². The van der Waals surface area contributed by atoms with Gasteiger partial charge in [0.15, 0.2) is 0 Å². The summed E-state index contributed by atoms with van der Waals surface area (Å²) in [6.07, 6.45) is 3.54. The summed E-state index contributed by atoms with van der Waals surface area (Å²) in [6.45, 7) is 3.13. The predicted molar refractivity (Wildman–Crippen MR) is 78.3 cm³/mol. The van der Waals surface area contributed by atoms with Gasteiger partial charge >= 0.3 is 0 Å². The Kier molecular flexibility index (Phi) is 4.35. The first-order valence-electron chi connectivity index (χ1n) is 6.01. The molecule has 1 amide bonds. The average molecular weight is 276 g/mol. The molecular formula is C13H16N4OS. The number of anilines is 2. The predicted octanol–water partition coefficient (Wildman–Crippen LogP) is 2.09. The van der Waals surface area contributed by atoms with Gasteiger partial charge in [-0.1, -0.05) is 6.07 Å². The number of rotatable bonds is 5. The van der Waals surface area contributed by atoms with E-state index >= 15 is 0 Å². The number of carbonyl (C=O) groups excluding carboxylic acids is 1. The lowest BCUT2D eigenvalue weighted by Crippen LogP contribution is -2.22. The van der Waals surface area contributed by atoms with E-state index in [0.29, 0.717) is 23.7 Å². The van der Waals surface area contributed by atoms with Crippen molar-refractivity contribution in [3.05, 3.63) is 41.0 Å². The van der Waals surface area contributed by atoms with Crippen LogP contribution in [0.5, 0.6) is 0 Å². The maximum Gasteiger partial charge on any atom is 0.263 e. The van der Waals surface area contributed by atoms with Crippen LogP contribution in [0.1, 0.15) is 22.2 Å². The number of nitrogens with one attached hydrogen (secondary N) is 2. The van der Waals surface area contributed by atoms with Gasteiger partial charge in [-0.25, -0.2) is 0 Å². The van der Waals surface area contributed by atoms with Gasteiger partial charge in [0.05, 0.1) is 10.7 Å². The van der Waals surface area contributed by atoms with Crippen LogP contribution in [0.3, 0.4) is 0 Å². The molecule has 19 heavy (non-hydrogen) atoms. The Labute approximate surface area is 115 Å². The van der Waals surface area contributed by atoms with Crippen molar-refractivity contribution >= 4 is 27.9 Å². The molecule has 4 N–H and O–H groups in total. The number of carbonyl (C=O) groups is 1. The molecule has 0 radical (unpaired) electrons. The molecule has 0 spiro atoms. The van der Waals surface area contributed by atoms with Crippen molar-refractivity contribution in [2.24, 2.45) is 0 Å². The Hall–Kier alpha value is -2.08. The van der Waals surface area contributed by atoms with Gasteiger partial charge < -0.3 is 16.4 Å². The van der Waals surface area contributed by atoms with Crippen LogP contribution in [0.25, 0.3) is 0 Å². The van der Waals surface area contributed by atoms with Gasteiger partial charge in [-0.15, -0.1) is 11.3 Å². The molecule has 0 aliphatic rings. The summed E-state index contributed by atoms with van der Waals surface area (Å²) >= 11 is 1.36. The van der Waals surface area contributed by atoms with Crippen molar-refractivity contribution < 1.29 is 4.79 Å². The highest BCUT2D eigenvalue weighted by molar-refractivity contribution is 7.18. The molecule has 2 aromatic rings. The van der Waals surface area contributed by atoms with Crippen molar-refractivity contribution in [2.75, 3.05) is 17.6 Å². The van der Waals surface area contributed by atoms with E-state index in [1.807, 2.05) is 19.1 Å². The molecule has 0 saturated carbocycles. The number of nitrogens with zero attached hydrogens (tertiary/aromatic N) is 1. The molecular weight excluding hydrogens is 260 g/mol. The molecule has 0 saturated heterocycles. The number of aromatic nitrogens is 1. The molecule has 0 fully saturated rings. The van der Waals surface area contributed by atoms with Gasteiger partial charge in [-0.05, 0) is 24.6 Å². The lowest BCUT2D eigenvalue weighted by molar-refractivity contribution is 0.0960. The van der Waals surface area contributed by atoms with E-state index in [1.54, 1.807) is 18.5 Å². The van der Waals surface area contributed by atoms with Crippen LogP contribution in [-0.2, 0) is 6.54 Å². The Morgan fingerprint density at radius 3 is 3.05 bits per heavy atom. The Balaban J connectivity index is 2.02. The number of hydrogen-bond donors (Lipinski definition) is 3.